The Balaban J connectivity index is 1.86. The number of aliphatic hydroxyl groups excluding tert-OH is 1. The molecule has 0 saturated heterocycles. The topological polar surface area (TPSA) is 49.3 Å². The van der Waals surface area contributed by atoms with E-state index in [0.717, 1.165) is 29.3 Å². The van der Waals surface area contributed by atoms with Crippen LogP contribution >= 0.6 is 15.9 Å². The zero-order valence-corrected chi connectivity index (χ0v) is 11.1. The Morgan fingerprint density at radius 3 is 2.65 bits per heavy atom. The van der Waals surface area contributed by atoms with Gasteiger partial charge in [0.1, 0.15) is 0 Å². The minimum atomic E-state index is -0.371. The van der Waals surface area contributed by atoms with Crippen LogP contribution in [-0.4, -0.2) is 23.2 Å². The lowest BCUT2D eigenvalue weighted by Gasteiger charge is -2.16. The van der Waals surface area contributed by atoms with Crippen LogP contribution in [0.4, 0.5) is 0 Å². The first-order valence-electron chi connectivity index (χ1n) is 5.87. The molecule has 0 aromatic heterocycles. The number of rotatable bonds is 3. The summed E-state index contributed by atoms with van der Waals surface area (Å²) in [5.74, 6) is -0.0155. The van der Waals surface area contributed by atoms with Crippen molar-refractivity contribution in [3.8, 4) is 0 Å². The van der Waals surface area contributed by atoms with Gasteiger partial charge in [-0.25, -0.2) is 0 Å². The van der Waals surface area contributed by atoms with Crippen molar-refractivity contribution in [3.05, 3.63) is 34.3 Å². The fourth-order valence-corrected chi connectivity index (χ4v) is 2.42. The van der Waals surface area contributed by atoms with Crippen molar-refractivity contribution in [2.75, 3.05) is 0 Å². The number of carbonyl (C=O) groups is 1. The SMILES string of the molecule is O=C(Cc1ccc(Br)cc1)N[C@H]1CCC[C@@H]1O. The predicted molar refractivity (Wildman–Crippen MR) is 69.6 cm³/mol. The Morgan fingerprint density at radius 1 is 1.35 bits per heavy atom. The zero-order valence-electron chi connectivity index (χ0n) is 9.53. The molecule has 0 unspecified atom stereocenters. The zero-order chi connectivity index (χ0) is 12.3. The molecule has 2 atom stereocenters. The molecular formula is C13H16BrNO2. The summed E-state index contributed by atoms with van der Waals surface area (Å²) in [5, 5.41) is 12.5. The summed E-state index contributed by atoms with van der Waals surface area (Å²) in [4.78, 5) is 11.8. The second-order valence-corrected chi connectivity index (χ2v) is 5.39. The fraction of sp³-hybridized carbons (Fsp3) is 0.462. The highest BCUT2D eigenvalue weighted by Gasteiger charge is 2.26. The van der Waals surface area contributed by atoms with E-state index in [2.05, 4.69) is 21.2 Å². The maximum absolute atomic E-state index is 11.8. The van der Waals surface area contributed by atoms with E-state index in [9.17, 15) is 9.90 Å². The van der Waals surface area contributed by atoms with Crippen LogP contribution in [-0.2, 0) is 11.2 Å². The standard InChI is InChI=1S/C13H16BrNO2/c14-10-6-4-9(5-7-10)8-13(17)15-11-2-1-3-12(11)16/h4-7,11-12,16H,1-3,8H2,(H,15,17)/t11-,12-/m0/s1. The van der Waals surface area contributed by atoms with Gasteiger partial charge in [-0.1, -0.05) is 28.1 Å². The van der Waals surface area contributed by atoms with Crippen molar-refractivity contribution < 1.29 is 9.90 Å². The minimum Gasteiger partial charge on any atom is -0.391 e. The Kier molecular flexibility index (Phi) is 4.18. The molecule has 92 valence electrons. The molecule has 1 fully saturated rings. The maximum Gasteiger partial charge on any atom is 0.224 e. The Morgan fingerprint density at radius 2 is 2.06 bits per heavy atom. The van der Waals surface area contributed by atoms with Gasteiger partial charge in [0.2, 0.25) is 5.91 Å². The third-order valence-electron chi connectivity index (χ3n) is 3.10. The molecule has 0 aliphatic heterocycles. The second kappa shape index (κ2) is 5.65. The second-order valence-electron chi connectivity index (χ2n) is 4.48. The molecule has 0 radical (unpaired) electrons. The normalized spacial score (nSPS) is 23.6. The first-order chi connectivity index (χ1) is 8.15. The van der Waals surface area contributed by atoms with Crippen LogP contribution < -0.4 is 5.32 Å². The van der Waals surface area contributed by atoms with E-state index >= 15 is 0 Å². The van der Waals surface area contributed by atoms with Crippen molar-refractivity contribution in [2.45, 2.75) is 37.8 Å². The number of amides is 1. The van der Waals surface area contributed by atoms with Gasteiger partial charge in [0.15, 0.2) is 0 Å². The number of carbonyl (C=O) groups excluding carboxylic acids is 1. The van der Waals surface area contributed by atoms with Gasteiger partial charge in [-0.15, -0.1) is 0 Å². The smallest absolute Gasteiger partial charge is 0.224 e. The predicted octanol–water partition coefficient (Wildman–Crippen LogP) is 2.02. The number of hydrogen-bond acceptors (Lipinski definition) is 2. The quantitative estimate of drug-likeness (QED) is 0.897. The Bertz CT molecular complexity index is 391. The number of hydrogen-bond donors (Lipinski definition) is 2. The molecule has 0 bridgehead atoms. The van der Waals surface area contributed by atoms with Gasteiger partial charge < -0.3 is 10.4 Å². The van der Waals surface area contributed by atoms with E-state index < -0.39 is 0 Å². The van der Waals surface area contributed by atoms with E-state index in [0.29, 0.717) is 6.42 Å². The summed E-state index contributed by atoms with van der Waals surface area (Å²) in [6, 6.07) is 7.64. The molecule has 1 aliphatic carbocycles. The molecule has 0 spiro atoms. The van der Waals surface area contributed by atoms with Crippen molar-refractivity contribution in [1.82, 2.24) is 5.32 Å². The van der Waals surface area contributed by atoms with E-state index in [-0.39, 0.29) is 18.1 Å². The van der Waals surface area contributed by atoms with Crippen LogP contribution in [0.25, 0.3) is 0 Å². The van der Waals surface area contributed by atoms with Gasteiger partial charge in [0.05, 0.1) is 18.6 Å². The number of halogens is 1. The Labute approximate surface area is 109 Å². The van der Waals surface area contributed by atoms with Crippen LogP contribution in [0.15, 0.2) is 28.7 Å². The molecule has 2 rings (SSSR count). The molecule has 1 amide bonds. The highest BCUT2D eigenvalue weighted by molar-refractivity contribution is 9.10. The third-order valence-corrected chi connectivity index (χ3v) is 3.63. The first kappa shape index (κ1) is 12.6. The fourth-order valence-electron chi connectivity index (χ4n) is 2.15. The van der Waals surface area contributed by atoms with Crippen molar-refractivity contribution in [3.63, 3.8) is 0 Å². The molecule has 1 aromatic carbocycles. The third kappa shape index (κ3) is 3.54. The van der Waals surface area contributed by atoms with Crippen LogP contribution in [0, 0.1) is 0 Å². The van der Waals surface area contributed by atoms with Crippen molar-refractivity contribution >= 4 is 21.8 Å². The number of aliphatic hydroxyl groups is 1. The van der Waals surface area contributed by atoms with Gasteiger partial charge in [0.25, 0.3) is 0 Å². The summed E-state index contributed by atoms with van der Waals surface area (Å²) in [5.41, 5.74) is 0.984. The summed E-state index contributed by atoms with van der Waals surface area (Å²) >= 11 is 3.36. The van der Waals surface area contributed by atoms with Gasteiger partial charge in [-0.3, -0.25) is 4.79 Å². The molecule has 1 aromatic rings. The minimum absolute atomic E-state index is 0.0155. The largest absolute Gasteiger partial charge is 0.391 e. The highest BCUT2D eigenvalue weighted by Crippen LogP contribution is 2.19. The number of benzene rings is 1. The lowest BCUT2D eigenvalue weighted by molar-refractivity contribution is -0.121. The molecule has 3 nitrogen and oxygen atoms in total. The molecular weight excluding hydrogens is 282 g/mol. The average molecular weight is 298 g/mol. The molecule has 1 aliphatic rings. The summed E-state index contributed by atoms with van der Waals surface area (Å²) in [6.45, 7) is 0. The van der Waals surface area contributed by atoms with Crippen molar-refractivity contribution in [1.29, 1.82) is 0 Å². The summed E-state index contributed by atoms with van der Waals surface area (Å²) in [6.07, 6.45) is 2.67. The summed E-state index contributed by atoms with van der Waals surface area (Å²) < 4.78 is 1.01. The lowest BCUT2D eigenvalue weighted by Crippen LogP contribution is -2.40. The van der Waals surface area contributed by atoms with Gasteiger partial charge >= 0.3 is 0 Å². The lowest BCUT2D eigenvalue weighted by atomic mass is 10.1. The van der Waals surface area contributed by atoms with Gasteiger partial charge in [0, 0.05) is 4.47 Å². The van der Waals surface area contributed by atoms with E-state index in [1.165, 1.54) is 0 Å². The molecule has 0 heterocycles. The van der Waals surface area contributed by atoms with Crippen molar-refractivity contribution in [2.24, 2.45) is 0 Å². The van der Waals surface area contributed by atoms with Crippen LogP contribution in [0.1, 0.15) is 24.8 Å². The van der Waals surface area contributed by atoms with E-state index in [1.807, 2.05) is 24.3 Å². The Hall–Kier alpha value is -0.870. The molecule has 2 N–H and O–H groups in total. The molecule has 4 heteroatoms. The monoisotopic (exact) mass is 297 g/mol. The van der Waals surface area contributed by atoms with Crippen LogP contribution in [0.2, 0.25) is 0 Å². The molecule has 17 heavy (non-hydrogen) atoms. The van der Waals surface area contributed by atoms with E-state index in [4.69, 9.17) is 0 Å². The maximum atomic E-state index is 11.8. The van der Waals surface area contributed by atoms with Crippen LogP contribution in [0.5, 0.6) is 0 Å². The first-order valence-corrected chi connectivity index (χ1v) is 6.66. The van der Waals surface area contributed by atoms with Crippen LogP contribution in [0.3, 0.4) is 0 Å². The number of nitrogens with one attached hydrogen (secondary N) is 1. The highest BCUT2D eigenvalue weighted by atomic mass is 79.9. The summed E-state index contributed by atoms with van der Waals surface area (Å²) in [7, 11) is 0. The average Bonchev–Trinajstić information content (AvgIpc) is 2.68. The van der Waals surface area contributed by atoms with Gasteiger partial charge in [-0.05, 0) is 37.0 Å². The van der Waals surface area contributed by atoms with Gasteiger partial charge in [-0.2, -0.15) is 0 Å². The molecule has 1 saturated carbocycles. The van der Waals surface area contributed by atoms with E-state index in [1.54, 1.807) is 0 Å².